The number of anilines is 1. The summed E-state index contributed by atoms with van der Waals surface area (Å²) in [7, 11) is 0. The van der Waals surface area contributed by atoms with Gasteiger partial charge in [-0.2, -0.15) is 5.10 Å². The SMILES string of the molecule is Nc1c(C(=O)O)cnn1C1C2CC3CC(C2)CC1C3. The molecule has 0 aromatic carbocycles. The molecule has 0 radical (unpaired) electrons. The second kappa shape index (κ2) is 3.74. The number of hydrogen-bond donors (Lipinski definition) is 2. The molecule has 5 nitrogen and oxygen atoms in total. The molecule has 102 valence electrons. The third kappa shape index (κ3) is 1.53. The summed E-state index contributed by atoms with van der Waals surface area (Å²) in [6.45, 7) is 0. The van der Waals surface area contributed by atoms with Gasteiger partial charge in [0.2, 0.25) is 0 Å². The van der Waals surface area contributed by atoms with Crippen LogP contribution >= 0.6 is 0 Å². The number of nitrogens with zero attached hydrogens (tertiary/aromatic N) is 2. The van der Waals surface area contributed by atoms with E-state index in [1.54, 1.807) is 0 Å². The van der Waals surface area contributed by atoms with E-state index in [1.165, 1.54) is 38.3 Å². The van der Waals surface area contributed by atoms with Crippen LogP contribution in [0, 0.1) is 23.7 Å². The van der Waals surface area contributed by atoms with Crippen LogP contribution in [0.5, 0.6) is 0 Å². The van der Waals surface area contributed by atoms with Crippen molar-refractivity contribution in [2.75, 3.05) is 5.73 Å². The number of rotatable bonds is 2. The highest BCUT2D eigenvalue weighted by Crippen LogP contribution is 2.58. The van der Waals surface area contributed by atoms with Crippen LogP contribution in [0.4, 0.5) is 5.82 Å². The van der Waals surface area contributed by atoms with Gasteiger partial charge in [-0.15, -0.1) is 0 Å². The molecule has 19 heavy (non-hydrogen) atoms. The first kappa shape index (κ1) is 11.3. The van der Waals surface area contributed by atoms with Crippen molar-refractivity contribution >= 4 is 11.8 Å². The van der Waals surface area contributed by atoms with Crippen LogP contribution in [-0.4, -0.2) is 20.9 Å². The Morgan fingerprint density at radius 2 is 1.79 bits per heavy atom. The van der Waals surface area contributed by atoms with Crippen molar-refractivity contribution in [3.05, 3.63) is 11.8 Å². The van der Waals surface area contributed by atoms with Gasteiger partial charge in [0.25, 0.3) is 0 Å². The molecule has 0 atom stereocenters. The molecule has 4 aliphatic carbocycles. The fourth-order valence-electron chi connectivity index (χ4n) is 5.07. The molecule has 0 saturated heterocycles. The maximum atomic E-state index is 11.1. The Labute approximate surface area is 111 Å². The molecule has 1 aromatic heterocycles. The largest absolute Gasteiger partial charge is 0.477 e. The highest BCUT2D eigenvalue weighted by Gasteiger charge is 2.49. The number of hydrogen-bond acceptors (Lipinski definition) is 3. The molecule has 5 rings (SSSR count). The number of carboxylic acid groups (broad SMARTS) is 1. The summed E-state index contributed by atoms with van der Waals surface area (Å²) in [5.41, 5.74) is 6.15. The number of aromatic carboxylic acids is 1. The highest BCUT2D eigenvalue weighted by molar-refractivity contribution is 5.92. The molecular weight excluding hydrogens is 242 g/mol. The lowest BCUT2D eigenvalue weighted by molar-refractivity contribution is -0.0327. The summed E-state index contributed by atoms with van der Waals surface area (Å²) in [6, 6.07) is 0.334. The molecule has 3 N–H and O–H groups in total. The fourth-order valence-corrected chi connectivity index (χ4v) is 5.07. The van der Waals surface area contributed by atoms with Crippen LogP contribution in [0.15, 0.2) is 6.20 Å². The van der Waals surface area contributed by atoms with Crippen LogP contribution in [0.25, 0.3) is 0 Å². The molecule has 4 saturated carbocycles. The number of nitrogen functional groups attached to an aromatic ring is 1. The Bertz CT molecular complexity index is 509. The first-order valence-corrected chi connectivity index (χ1v) is 7.19. The van der Waals surface area contributed by atoms with Crippen molar-refractivity contribution in [2.24, 2.45) is 23.7 Å². The maximum Gasteiger partial charge on any atom is 0.341 e. The summed E-state index contributed by atoms with van der Waals surface area (Å²) < 4.78 is 1.82. The standard InChI is InChI=1S/C14H19N3O2/c15-13-11(14(18)19)6-16-17(13)12-9-2-7-1-8(4-9)5-10(12)3-7/h6-10,12H,1-5,15H2,(H,18,19). The number of carbonyl (C=O) groups is 1. The monoisotopic (exact) mass is 261 g/mol. The lowest BCUT2D eigenvalue weighted by Crippen LogP contribution is -2.46. The molecule has 4 aliphatic rings. The summed E-state index contributed by atoms with van der Waals surface area (Å²) in [5.74, 6) is 2.46. The Balaban J connectivity index is 1.71. The predicted octanol–water partition coefficient (Wildman–Crippen LogP) is 2.16. The van der Waals surface area contributed by atoms with E-state index in [-0.39, 0.29) is 5.56 Å². The summed E-state index contributed by atoms with van der Waals surface area (Å²) in [6.07, 6.45) is 7.93. The zero-order valence-corrected chi connectivity index (χ0v) is 10.8. The number of carboxylic acids is 1. The average Bonchev–Trinajstić information content (AvgIpc) is 2.70. The van der Waals surface area contributed by atoms with E-state index in [0.717, 1.165) is 11.8 Å². The molecule has 5 heteroatoms. The Morgan fingerprint density at radius 3 is 2.26 bits per heavy atom. The Kier molecular flexibility index (Phi) is 2.23. The van der Waals surface area contributed by atoms with Crippen molar-refractivity contribution in [1.29, 1.82) is 0 Å². The van der Waals surface area contributed by atoms with Crippen LogP contribution in [-0.2, 0) is 0 Å². The minimum absolute atomic E-state index is 0.147. The fraction of sp³-hybridized carbons (Fsp3) is 0.714. The third-order valence-electron chi connectivity index (χ3n) is 5.52. The molecule has 1 aromatic rings. The molecular formula is C14H19N3O2. The predicted molar refractivity (Wildman–Crippen MR) is 69.7 cm³/mol. The van der Waals surface area contributed by atoms with E-state index >= 15 is 0 Å². The van der Waals surface area contributed by atoms with Gasteiger partial charge in [-0.3, -0.25) is 0 Å². The van der Waals surface area contributed by atoms with Gasteiger partial charge in [0.05, 0.1) is 12.2 Å². The van der Waals surface area contributed by atoms with E-state index in [1.807, 2.05) is 4.68 Å². The second-order valence-electron chi connectivity index (χ2n) is 6.61. The van der Waals surface area contributed by atoms with Gasteiger partial charge in [-0.1, -0.05) is 0 Å². The summed E-state index contributed by atoms with van der Waals surface area (Å²) in [5, 5.41) is 13.4. The number of aromatic nitrogens is 2. The van der Waals surface area contributed by atoms with E-state index in [9.17, 15) is 4.79 Å². The van der Waals surface area contributed by atoms with Crippen LogP contribution in [0.2, 0.25) is 0 Å². The van der Waals surface area contributed by atoms with Crippen molar-refractivity contribution in [3.8, 4) is 0 Å². The number of nitrogens with two attached hydrogens (primary N) is 1. The lowest BCUT2D eigenvalue weighted by Gasteiger charge is -2.54. The zero-order valence-electron chi connectivity index (χ0n) is 10.8. The quantitative estimate of drug-likeness (QED) is 0.854. The molecule has 4 fully saturated rings. The Hall–Kier alpha value is -1.52. The first-order chi connectivity index (χ1) is 9.13. The van der Waals surface area contributed by atoms with Crippen molar-refractivity contribution in [1.82, 2.24) is 9.78 Å². The van der Waals surface area contributed by atoms with Gasteiger partial charge >= 0.3 is 5.97 Å². The van der Waals surface area contributed by atoms with Crippen molar-refractivity contribution in [2.45, 2.75) is 38.1 Å². The molecule has 0 amide bonds. The van der Waals surface area contributed by atoms with Gasteiger partial charge in [0.1, 0.15) is 11.4 Å². The van der Waals surface area contributed by atoms with E-state index < -0.39 is 5.97 Å². The van der Waals surface area contributed by atoms with Crippen LogP contribution < -0.4 is 5.73 Å². The van der Waals surface area contributed by atoms with E-state index in [0.29, 0.717) is 23.7 Å². The zero-order chi connectivity index (χ0) is 13.1. The Morgan fingerprint density at radius 1 is 1.21 bits per heavy atom. The summed E-state index contributed by atoms with van der Waals surface area (Å²) >= 11 is 0. The minimum atomic E-state index is -0.979. The molecule has 4 bridgehead atoms. The van der Waals surface area contributed by atoms with E-state index in [2.05, 4.69) is 5.10 Å². The topological polar surface area (TPSA) is 81.1 Å². The van der Waals surface area contributed by atoms with Crippen LogP contribution in [0.1, 0.15) is 48.5 Å². The summed E-state index contributed by atoms with van der Waals surface area (Å²) in [4.78, 5) is 11.1. The minimum Gasteiger partial charge on any atom is -0.477 e. The molecule has 0 spiro atoms. The van der Waals surface area contributed by atoms with E-state index in [4.69, 9.17) is 10.8 Å². The van der Waals surface area contributed by atoms with Gasteiger partial charge in [-0.05, 0) is 55.8 Å². The lowest BCUT2D eigenvalue weighted by atomic mass is 9.54. The molecule has 0 aliphatic heterocycles. The molecule has 1 heterocycles. The van der Waals surface area contributed by atoms with Gasteiger partial charge in [0, 0.05) is 0 Å². The van der Waals surface area contributed by atoms with Crippen molar-refractivity contribution in [3.63, 3.8) is 0 Å². The van der Waals surface area contributed by atoms with Gasteiger partial charge in [0.15, 0.2) is 0 Å². The van der Waals surface area contributed by atoms with Gasteiger partial charge in [-0.25, -0.2) is 9.48 Å². The average molecular weight is 261 g/mol. The third-order valence-corrected chi connectivity index (χ3v) is 5.52. The van der Waals surface area contributed by atoms with Crippen LogP contribution in [0.3, 0.4) is 0 Å². The second-order valence-corrected chi connectivity index (χ2v) is 6.61. The smallest absolute Gasteiger partial charge is 0.341 e. The van der Waals surface area contributed by atoms with Gasteiger partial charge < -0.3 is 10.8 Å². The molecule has 0 unspecified atom stereocenters. The highest BCUT2D eigenvalue weighted by atomic mass is 16.4. The first-order valence-electron chi connectivity index (χ1n) is 7.19. The van der Waals surface area contributed by atoms with Crippen molar-refractivity contribution < 1.29 is 9.90 Å². The normalized spacial score (nSPS) is 39.7. The maximum absolute atomic E-state index is 11.1.